The van der Waals surface area contributed by atoms with Crippen LogP contribution in [0.5, 0.6) is 5.75 Å². The maximum Gasteiger partial charge on any atom is 0.306 e. The van der Waals surface area contributed by atoms with Crippen LogP contribution in [-0.2, 0) is 27.4 Å². The van der Waals surface area contributed by atoms with Crippen molar-refractivity contribution in [2.24, 2.45) is 7.05 Å². The van der Waals surface area contributed by atoms with Crippen molar-refractivity contribution < 1.29 is 14.3 Å². The van der Waals surface area contributed by atoms with Crippen molar-refractivity contribution >= 4 is 5.97 Å². The molecular formula is C33H46N2O3. The van der Waals surface area contributed by atoms with Gasteiger partial charge < -0.3 is 14.0 Å². The van der Waals surface area contributed by atoms with Crippen molar-refractivity contribution in [2.45, 2.75) is 97.5 Å². The summed E-state index contributed by atoms with van der Waals surface area (Å²) in [5.41, 5.74) is 5.48. The molecule has 1 aromatic heterocycles. The molecule has 0 fully saturated rings. The molecule has 2 atom stereocenters. The van der Waals surface area contributed by atoms with Crippen LogP contribution in [0.3, 0.4) is 0 Å². The zero-order valence-corrected chi connectivity index (χ0v) is 24.8. The van der Waals surface area contributed by atoms with E-state index in [1.807, 2.05) is 62.8 Å². The number of aromatic nitrogens is 2. The average Bonchev–Trinajstić information content (AvgIpc) is 3.32. The summed E-state index contributed by atoms with van der Waals surface area (Å²) >= 11 is 0. The van der Waals surface area contributed by atoms with Crippen LogP contribution in [-0.4, -0.2) is 22.1 Å². The van der Waals surface area contributed by atoms with Gasteiger partial charge in [0.2, 0.25) is 0 Å². The highest BCUT2D eigenvalue weighted by atomic mass is 16.5. The van der Waals surface area contributed by atoms with Gasteiger partial charge in [0.25, 0.3) is 0 Å². The fourth-order valence-electron chi connectivity index (χ4n) is 5.37. The molecule has 2 unspecified atom stereocenters. The van der Waals surface area contributed by atoms with Gasteiger partial charge in [-0.05, 0) is 71.9 Å². The van der Waals surface area contributed by atoms with Gasteiger partial charge in [-0.15, -0.1) is 0 Å². The van der Waals surface area contributed by atoms with Gasteiger partial charge in [0.05, 0.1) is 18.9 Å². The van der Waals surface area contributed by atoms with Crippen LogP contribution >= 0.6 is 0 Å². The highest BCUT2D eigenvalue weighted by Gasteiger charge is 2.37. The summed E-state index contributed by atoms with van der Waals surface area (Å²) < 4.78 is 13.5. The number of carbonyl (C=O) groups excluding carboxylic acids is 1. The largest absolute Gasteiger partial charge is 0.486 e. The summed E-state index contributed by atoms with van der Waals surface area (Å²) in [6.07, 6.45) is 6.22. The summed E-state index contributed by atoms with van der Waals surface area (Å²) in [6.45, 7) is 17.7. The number of carbonyl (C=O) groups is 1. The summed E-state index contributed by atoms with van der Waals surface area (Å²) in [5, 5.41) is 0. The monoisotopic (exact) mass is 518 g/mol. The zero-order valence-electron chi connectivity index (χ0n) is 24.8. The molecule has 0 saturated heterocycles. The molecule has 0 radical (unpaired) electrons. The SMILES string of the molecule is CC.CCOC(=O)CC(c1ccc(OC(C)c2ccc3c(c2)C(C)(C)CCC3(C)C)cc1)c1nccn1C. The van der Waals surface area contributed by atoms with Crippen LogP contribution in [0.4, 0.5) is 0 Å². The molecule has 5 heteroatoms. The topological polar surface area (TPSA) is 53.4 Å². The molecule has 0 saturated carbocycles. The zero-order chi connectivity index (χ0) is 28.1. The van der Waals surface area contributed by atoms with Gasteiger partial charge in [-0.2, -0.15) is 0 Å². The molecule has 4 rings (SSSR count). The Kier molecular flexibility index (Phi) is 9.45. The maximum atomic E-state index is 12.3. The first-order valence-corrected chi connectivity index (χ1v) is 14.1. The van der Waals surface area contributed by atoms with Gasteiger partial charge in [0.1, 0.15) is 17.7 Å². The third kappa shape index (κ3) is 6.48. The van der Waals surface area contributed by atoms with E-state index in [4.69, 9.17) is 9.47 Å². The Labute approximate surface area is 229 Å². The molecule has 0 N–H and O–H groups in total. The number of hydrogen-bond donors (Lipinski definition) is 0. The van der Waals surface area contributed by atoms with E-state index in [2.05, 4.69) is 57.8 Å². The molecule has 3 aromatic rings. The molecule has 2 aromatic carbocycles. The van der Waals surface area contributed by atoms with E-state index >= 15 is 0 Å². The highest BCUT2D eigenvalue weighted by Crippen LogP contribution is 2.46. The van der Waals surface area contributed by atoms with E-state index in [-0.39, 0.29) is 35.2 Å². The summed E-state index contributed by atoms with van der Waals surface area (Å²) in [5.74, 6) is 1.24. The normalized spacial score (nSPS) is 16.9. The van der Waals surface area contributed by atoms with Crippen LogP contribution < -0.4 is 4.74 Å². The fourth-order valence-corrected chi connectivity index (χ4v) is 5.37. The van der Waals surface area contributed by atoms with Crippen LogP contribution in [0.25, 0.3) is 0 Å². The van der Waals surface area contributed by atoms with Crippen molar-refractivity contribution in [3.8, 4) is 5.75 Å². The van der Waals surface area contributed by atoms with Crippen LogP contribution in [0.1, 0.15) is 115 Å². The molecule has 1 heterocycles. The molecule has 0 aliphatic heterocycles. The Balaban J connectivity index is 0.00000195. The van der Waals surface area contributed by atoms with Gasteiger partial charge in [-0.1, -0.05) is 71.9 Å². The lowest BCUT2D eigenvalue weighted by molar-refractivity contribution is -0.143. The molecule has 1 aliphatic rings. The highest BCUT2D eigenvalue weighted by molar-refractivity contribution is 5.71. The Hall–Kier alpha value is -3.08. The molecule has 5 nitrogen and oxygen atoms in total. The second-order valence-electron chi connectivity index (χ2n) is 11.4. The minimum absolute atomic E-state index is 0.0770. The molecule has 0 bridgehead atoms. The van der Waals surface area contributed by atoms with Crippen molar-refractivity contribution in [2.75, 3.05) is 6.61 Å². The second-order valence-corrected chi connectivity index (χ2v) is 11.4. The Morgan fingerprint density at radius 2 is 1.58 bits per heavy atom. The van der Waals surface area contributed by atoms with Gasteiger partial charge >= 0.3 is 5.97 Å². The van der Waals surface area contributed by atoms with Gasteiger partial charge in [-0.3, -0.25) is 4.79 Å². The van der Waals surface area contributed by atoms with Crippen molar-refractivity contribution in [3.05, 3.63) is 82.9 Å². The fraction of sp³-hybridized carbons (Fsp3) is 0.515. The first-order valence-electron chi connectivity index (χ1n) is 14.1. The first-order chi connectivity index (χ1) is 18.0. The second kappa shape index (κ2) is 12.2. The number of fused-ring (bicyclic) bond motifs is 1. The Morgan fingerprint density at radius 3 is 2.16 bits per heavy atom. The molecule has 1 aliphatic carbocycles. The van der Waals surface area contributed by atoms with Crippen LogP contribution in [0.2, 0.25) is 0 Å². The third-order valence-electron chi connectivity index (χ3n) is 7.79. The van der Waals surface area contributed by atoms with Gasteiger partial charge in [0.15, 0.2) is 0 Å². The summed E-state index contributed by atoms with van der Waals surface area (Å²) in [4.78, 5) is 16.8. The lowest BCUT2D eigenvalue weighted by Gasteiger charge is -2.42. The molecule has 0 amide bonds. The minimum Gasteiger partial charge on any atom is -0.486 e. The van der Waals surface area contributed by atoms with E-state index in [1.54, 1.807) is 6.20 Å². The van der Waals surface area contributed by atoms with Crippen LogP contribution in [0.15, 0.2) is 54.9 Å². The molecule has 38 heavy (non-hydrogen) atoms. The Bertz CT molecular complexity index is 1210. The quantitative estimate of drug-likeness (QED) is 0.283. The number of aryl methyl sites for hydroxylation is 1. The minimum atomic E-state index is -0.224. The van der Waals surface area contributed by atoms with E-state index in [0.717, 1.165) is 17.1 Å². The molecule has 0 spiro atoms. The van der Waals surface area contributed by atoms with E-state index < -0.39 is 0 Å². The predicted octanol–water partition coefficient (Wildman–Crippen LogP) is 8.02. The van der Waals surface area contributed by atoms with E-state index in [0.29, 0.717) is 6.61 Å². The molecular weight excluding hydrogens is 472 g/mol. The number of rotatable bonds is 8. The number of ether oxygens (including phenoxy) is 2. The summed E-state index contributed by atoms with van der Waals surface area (Å²) in [6, 6.07) is 14.9. The molecule has 206 valence electrons. The first kappa shape index (κ1) is 29.5. The van der Waals surface area contributed by atoms with Gasteiger partial charge in [0, 0.05) is 19.4 Å². The number of benzene rings is 2. The standard InChI is InChI=1S/C31H40N2O3.C2H6/c1-8-35-28(34)20-25(29-32-17-18-33(29)7)22-9-12-24(13-10-22)36-21(2)23-11-14-26-27(19-23)31(5,6)16-15-30(26,3)4;1-2/h9-14,17-19,21,25H,8,15-16,20H2,1-7H3;1-2H3. The lowest BCUT2D eigenvalue weighted by Crippen LogP contribution is -2.34. The number of hydrogen-bond acceptors (Lipinski definition) is 4. The van der Waals surface area contributed by atoms with Crippen LogP contribution in [0, 0.1) is 0 Å². The number of imidazole rings is 1. The van der Waals surface area contributed by atoms with E-state index in [9.17, 15) is 4.79 Å². The van der Waals surface area contributed by atoms with Gasteiger partial charge in [-0.25, -0.2) is 4.98 Å². The lowest BCUT2D eigenvalue weighted by atomic mass is 9.63. The third-order valence-corrected chi connectivity index (χ3v) is 7.79. The summed E-state index contributed by atoms with van der Waals surface area (Å²) in [7, 11) is 1.95. The van der Waals surface area contributed by atoms with Crippen molar-refractivity contribution in [3.63, 3.8) is 0 Å². The van der Waals surface area contributed by atoms with Crippen molar-refractivity contribution in [1.29, 1.82) is 0 Å². The van der Waals surface area contributed by atoms with Crippen molar-refractivity contribution in [1.82, 2.24) is 9.55 Å². The number of esters is 1. The maximum absolute atomic E-state index is 12.3. The smallest absolute Gasteiger partial charge is 0.306 e. The predicted molar refractivity (Wildman–Crippen MR) is 155 cm³/mol. The number of nitrogens with zero attached hydrogens (tertiary/aromatic N) is 2. The Morgan fingerprint density at radius 1 is 0.974 bits per heavy atom. The average molecular weight is 519 g/mol. The van der Waals surface area contributed by atoms with E-state index in [1.165, 1.54) is 29.5 Å².